The van der Waals surface area contributed by atoms with Gasteiger partial charge in [0.15, 0.2) is 11.5 Å². The van der Waals surface area contributed by atoms with E-state index in [1.165, 1.54) is 6.07 Å². The van der Waals surface area contributed by atoms with Gasteiger partial charge in [0, 0.05) is 11.6 Å². The molecule has 2 rings (SSSR count). The number of anilines is 1. The number of amides is 1. The van der Waals surface area contributed by atoms with Crippen LogP contribution in [0.3, 0.4) is 0 Å². The van der Waals surface area contributed by atoms with Gasteiger partial charge in [0.2, 0.25) is 9.84 Å². The van der Waals surface area contributed by atoms with E-state index >= 15 is 0 Å². The predicted molar refractivity (Wildman–Crippen MR) is 112 cm³/mol. The highest BCUT2D eigenvalue weighted by Gasteiger charge is 2.27. The second-order valence-electron chi connectivity index (χ2n) is 6.55. The molecule has 0 aliphatic rings. The number of carbonyl (C=O) groups excluding carboxylic acids is 1. The maximum Gasteiger partial charge on any atom is 0.341 e. The first-order chi connectivity index (χ1) is 15.1. The van der Waals surface area contributed by atoms with Crippen LogP contribution in [0.5, 0.6) is 11.5 Å². The number of hydrogen-bond acceptors (Lipinski definition) is 7. The van der Waals surface area contributed by atoms with Gasteiger partial charge in [0.05, 0.1) is 29.1 Å². The van der Waals surface area contributed by atoms with Crippen LogP contribution in [-0.4, -0.2) is 38.2 Å². The van der Waals surface area contributed by atoms with Crippen molar-refractivity contribution >= 4 is 27.1 Å². The number of benzene rings is 2. The summed E-state index contributed by atoms with van der Waals surface area (Å²) in [6.07, 6.45) is 1.33. The zero-order chi connectivity index (χ0) is 23.9. The minimum absolute atomic E-state index is 0.0881. The molecule has 0 aliphatic carbocycles. The second-order valence-corrected chi connectivity index (χ2v) is 8.47. The van der Waals surface area contributed by atoms with Crippen molar-refractivity contribution in [1.29, 1.82) is 0 Å². The molecule has 1 N–H and O–H groups in total. The molecule has 0 aromatic heterocycles. The van der Waals surface area contributed by atoms with Crippen LogP contribution in [0.2, 0.25) is 0 Å². The molecule has 174 valence electrons. The monoisotopic (exact) mass is 472 g/mol. The van der Waals surface area contributed by atoms with Gasteiger partial charge in [-0.3, -0.25) is 14.9 Å². The van der Waals surface area contributed by atoms with Crippen LogP contribution in [-0.2, 0) is 9.84 Å². The number of rotatable bonds is 11. The van der Waals surface area contributed by atoms with E-state index in [4.69, 9.17) is 9.47 Å². The fourth-order valence-electron chi connectivity index (χ4n) is 2.54. The third-order valence-corrected chi connectivity index (χ3v) is 5.51. The fraction of sp³-hybridized carbons (Fsp3) is 0.350. The summed E-state index contributed by atoms with van der Waals surface area (Å²) >= 11 is 0. The van der Waals surface area contributed by atoms with Crippen LogP contribution in [0, 0.1) is 10.1 Å². The summed E-state index contributed by atoms with van der Waals surface area (Å²) in [5, 5.41) is 13.9. The molecule has 0 saturated heterocycles. The third-order valence-electron chi connectivity index (χ3n) is 4.11. The predicted octanol–water partition coefficient (Wildman–Crippen LogP) is 4.42. The Morgan fingerprint density at radius 2 is 1.59 bits per heavy atom. The Bertz CT molecular complexity index is 1070. The maximum absolute atomic E-state index is 12.6. The van der Waals surface area contributed by atoms with Crippen LogP contribution >= 0.6 is 0 Å². The summed E-state index contributed by atoms with van der Waals surface area (Å²) in [5.74, 6) is -4.04. The number of hydrogen-bond donors (Lipinski definition) is 1. The first-order valence-electron chi connectivity index (χ1n) is 9.63. The zero-order valence-electron chi connectivity index (χ0n) is 17.3. The Labute approximate surface area is 183 Å². The molecule has 12 heteroatoms. The van der Waals surface area contributed by atoms with Gasteiger partial charge in [-0.2, -0.15) is 8.78 Å². The first kappa shape index (κ1) is 25.0. The number of sulfone groups is 1. The van der Waals surface area contributed by atoms with Crippen LogP contribution in [0.4, 0.5) is 20.2 Å². The lowest BCUT2D eigenvalue weighted by Crippen LogP contribution is -2.15. The highest BCUT2D eigenvalue weighted by Crippen LogP contribution is 2.38. The largest absolute Gasteiger partial charge is 0.490 e. The van der Waals surface area contributed by atoms with Crippen LogP contribution in [0.25, 0.3) is 0 Å². The maximum atomic E-state index is 12.6. The van der Waals surface area contributed by atoms with Gasteiger partial charge in [-0.25, -0.2) is 8.42 Å². The number of ether oxygens (including phenoxy) is 2. The van der Waals surface area contributed by atoms with Crippen molar-refractivity contribution in [2.45, 2.75) is 37.3 Å². The lowest BCUT2D eigenvalue weighted by Gasteiger charge is -2.14. The molecule has 0 atom stereocenters. The summed E-state index contributed by atoms with van der Waals surface area (Å²) in [6.45, 7) is 4.36. The van der Waals surface area contributed by atoms with Crippen molar-refractivity contribution in [3.05, 3.63) is 52.1 Å². The van der Waals surface area contributed by atoms with E-state index in [1.807, 2.05) is 13.8 Å². The van der Waals surface area contributed by atoms with E-state index in [0.717, 1.165) is 30.3 Å². The Balaban J connectivity index is 2.37. The topological polar surface area (TPSA) is 125 Å². The average Bonchev–Trinajstić information content (AvgIpc) is 2.76. The Hall–Kier alpha value is -3.28. The summed E-state index contributed by atoms with van der Waals surface area (Å²) < 4.78 is 59.4. The van der Waals surface area contributed by atoms with Crippen molar-refractivity contribution < 1.29 is 36.4 Å². The van der Waals surface area contributed by atoms with Crippen molar-refractivity contribution in [1.82, 2.24) is 0 Å². The van der Waals surface area contributed by atoms with E-state index in [-0.39, 0.29) is 22.7 Å². The Kier molecular flexibility index (Phi) is 8.47. The highest BCUT2D eigenvalue weighted by molar-refractivity contribution is 7.91. The van der Waals surface area contributed by atoms with E-state index < -0.39 is 37.0 Å². The molecule has 32 heavy (non-hydrogen) atoms. The highest BCUT2D eigenvalue weighted by atomic mass is 32.2. The van der Waals surface area contributed by atoms with E-state index in [9.17, 15) is 32.1 Å². The number of carbonyl (C=O) groups is 1. The molecule has 0 bridgehead atoms. The van der Waals surface area contributed by atoms with Gasteiger partial charge < -0.3 is 14.8 Å². The number of nitrogens with one attached hydrogen (secondary N) is 1. The summed E-state index contributed by atoms with van der Waals surface area (Å²) in [4.78, 5) is 22.7. The Morgan fingerprint density at radius 1 is 1.06 bits per heavy atom. The van der Waals surface area contributed by atoms with Gasteiger partial charge in [0.1, 0.15) is 5.69 Å². The normalized spacial score (nSPS) is 11.3. The molecule has 9 nitrogen and oxygen atoms in total. The first-order valence-corrected chi connectivity index (χ1v) is 11.2. The molecule has 2 aromatic carbocycles. The number of nitro benzene ring substituents is 1. The average molecular weight is 472 g/mol. The minimum Gasteiger partial charge on any atom is -0.490 e. The number of nitrogens with zero attached hydrogens (tertiary/aromatic N) is 1. The van der Waals surface area contributed by atoms with E-state index in [2.05, 4.69) is 5.32 Å². The number of nitro groups is 1. The lowest BCUT2D eigenvalue weighted by molar-refractivity contribution is -0.384. The molecule has 0 saturated carbocycles. The van der Waals surface area contributed by atoms with Crippen molar-refractivity contribution in [3.63, 3.8) is 0 Å². The van der Waals surface area contributed by atoms with Crippen molar-refractivity contribution in [2.75, 3.05) is 18.5 Å². The molecule has 0 fully saturated rings. The minimum atomic E-state index is -4.81. The van der Waals surface area contributed by atoms with E-state index in [1.54, 1.807) is 0 Å². The second kappa shape index (κ2) is 10.8. The van der Waals surface area contributed by atoms with Crippen molar-refractivity contribution in [3.8, 4) is 11.5 Å². The summed E-state index contributed by atoms with van der Waals surface area (Å²) in [7, 11) is -4.81. The number of alkyl halides is 2. The van der Waals surface area contributed by atoms with Gasteiger partial charge in [-0.15, -0.1) is 0 Å². The third kappa shape index (κ3) is 5.90. The smallest absolute Gasteiger partial charge is 0.341 e. The summed E-state index contributed by atoms with van der Waals surface area (Å²) in [5.41, 5.74) is -0.695. The quantitative estimate of drug-likeness (QED) is 0.379. The van der Waals surface area contributed by atoms with Gasteiger partial charge >= 0.3 is 5.76 Å². The Morgan fingerprint density at radius 3 is 2.06 bits per heavy atom. The molecular formula is C20H22F2N2O7S. The molecule has 0 spiro atoms. The van der Waals surface area contributed by atoms with Gasteiger partial charge in [-0.1, -0.05) is 13.8 Å². The molecule has 0 aliphatic heterocycles. The van der Waals surface area contributed by atoms with Crippen molar-refractivity contribution in [2.24, 2.45) is 0 Å². The van der Waals surface area contributed by atoms with Crippen LogP contribution < -0.4 is 14.8 Å². The SMILES string of the molecule is CCCOc1cc(NC(=O)c2ccc(S(=O)(=O)C(F)F)cc2)c([N+](=O)[O-])cc1OCCC. The fourth-order valence-corrected chi connectivity index (χ4v) is 3.26. The molecule has 0 unspecified atom stereocenters. The van der Waals surface area contributed by atoms with Gasteiger partial charge in [-0.05, 0) is 37.1 Å². The van der Waals surface area contributed by atoms with Crippen LogP contribution in [0.15, 0.2) is 41.3 Å². The van der Waals surface area contributed by atoms with Crippen LogP contribution in [0.1, 0.15) is 37.0 Å². The standard InChI is InChI=1S/C20H22F2N2O7S/c1-3-9-30-17-11-15(16(24(26)27)12-18(17)31-10-4-2)23-19(25)13-5-7-14(8-6-13)32(28,29)20(21)22/h5-8,11-12,20H,3-4,9-10H2,1-2H3,(H,23,25). The molecular weight excluding hydrogens is 450 g/mol. The molecule has 2 aromatic rings. The number of halogens is 2. The zero-order valence-corrected chi connectivity index (χ0v) is 18.2. The molecule has 1 amide bonds. The molecule has 0 heterocycles. The van der Waals surface area contributed by atoms with Gasteiger partial charge in [0.25, 0.3) is 11.6 Å². The lowest BCUT2D eigenvalue weighted by atomic mass is 10.2. The van der Waals surface area contributed by atoms with E-state index in [0.29, 0.717) is 26.1 Å². The summed E-state index contributed by atoms with van der Waals surface area (Å²) in [6, 6.07) is 6.21. The molecule has 0 radical (unpaired) electrons.